The molecular weight excluding hydrogens is 218 g/mol. The Hall–Kier alpha value is -1.60. The first kappa shape index (κ1) is 9.61. The zero-order chi connectivity index (χ0) is 11.0. The molecule has 0 atom stereocenters. The molecule has 16 heavy (non-hydrogen) atoms. The molecule has 0 bridgehead atoms. The van der Waals surface area contributed by atoms with Crippen LogP contribution in [0.1, 0.15) is 29.0 Å². The summed E-state index contributed by atoms with van der Waals surface area (Å²) in [6.45, 7) is 0. The summed E-state index contributed by atoms with van der Waals surface area (Å²) < 4.78 is 0. The first-order valence-electron chi connectivity index (χ1n) is 5.37. The van der Waals surface area contributed by atoms with Gasteiger partial charge in [-0.3, -0.25) is 0 Å². The predicted octanol–water partition coefficient (Wildman–Crippen LogP) is 1.84. The summed E-state index contributed by atoms with van der Waals surface area (Å²) in [7, 11) is 0. The van der Waals surface area contributed by atoms with Gasteiger partial charge in [0.25, 0.3) is 0 Å². The van der Waals surface area contributed by atoms with E-state index in [1.54, 1.807) is 17.7 Å². The van der Waals surface area contributed by atoms with E-state index in [9.17, 15) is 0 Å². The van der Waals surface area contributed by atoms with Crippen LogP contribution in [0.15, 0.2) is 6.33 Å². The molecule has 4 heteroatoms. The predicted molar refractivity (Wildman–Crippen MR) is 65.1 cm³/mol. The molecule has 0 radical (unpaired) electrons. The standard InChI is InChI=1S/C12H11N3S/c13-6-5-9-11-8-3-1-2-4-10(8)16-12(11)15-7-14-9/h7H,1-4,13H2. The second-order valence-corrected chi connectivity index (χ2v) is 4.97. The number of nitrogens with zero attached hydrogens (tertiary/aromatic N) is 2. The molecule has 0 saturated heterocycles. The first-order chi connectivity index (χ1) is 7.90. The van der Waals surface area contributed by atoms with Crippen molar-refractivity contribution in [3.8, 4) is 12.0 Å². The van der Waals surface area contributed by atoms with Crippen LogP contribution in [-0.4, -0.2) is 9.97 Å². The molecular formula is C12H11N3S. The molecule has 3 nitrogen and oxygen atoms in total. The lowest BCUT2D eigenvalue weighted by Gasteiger charge is -2.10. The maximum absolute atomic E-state index is 5.28. The molecule has 0 unspecified atom stereocenters. The SMILES string of the molecule is NC#Cc1ncnc2sc3c(c12)CCCC3. The average Bonchev–Trinajstić information content (AvgIpc) is 2.68. The largest absolute Gasteiger partial charge is 0.359 e. The zero-order valence-electron chi connectivity index (χ0n) is 8.79. The molecule has 0 fully saturated rings. The van der Waals surface area contributed by atoms with Crippen LogP contribution in [0.3, 0.4) is 0 Å². The molecule has 1 aliphatic rings. The fourth-order valence-electron chi connectivity index (χ4n) is 2.25. The van der Waals surface area contributed by atoms with E-state index in [0.717, 1.165) is 22.3 Å². The third-order valence-electron chi connectivity index (χ3n) is 2.94. The fourth-order valence-corrected chi connectivity index (χ4v) is 3.48. The van der Waals surface area contributed by atoms with Crippen LogP contribution in [0.5, 0.6) is 0 Å². The highest BCUT2D eigenvalue weighted by Crippen LogP contribution is 2.36. The highest BCUT2D eigenvalue weighted by Gasteiger charge is 2.18. The summed E-state index contributed by atoms with van der Waals surface area (Å²) in [4.78, 5) is 11.1. The maximum atomic E-state index is 5.28. The summed E-state index contributed by atoms with van der Waals surface area (Å²) in [5.74, 6) is 2.87. The normalized spacial score (nSPS) is 14.2. The fraction of sp³-hybridized carbons (Fsp3) is 0.333. The van der Waals surface area contributed by atoms with E-state index in [0.29, 0.717) is 0 Å². The number of fused-ring (bicyclic) bond motifs is 3. The van der Waals surface area contributed by atoms with Crippen molar-refractivity contribution >= 4 is 21.6 Å². The number of thiophene rings is 1. The number of nitrogens with two attached hydrogens (primary N) is 1. The molecule has 0 spiro atoms. The lowest BCUT2D eigenvalue weighted by Crippen LogP contribution is -1.99. The van der Waals surface area contributed by atoms with Crippen molar-refractivity contribution in [1.29, 1.82) is 0 Å². The summed E-state index contributed by atoms with van der Waals surface area (Å²) >= 11 is 1.78. The van der Waals surface area contributed by atoms with Crippen LogP contribution >= 0.6 is 11.3 Å². The van der Waals surface area contributed by atoms with Gasteiger partial charge in [0, 0.05) is 16.3 Å². The summed E-state index contributed by atoms with van der Waals surface area (Å²) in [5, 5.41) is 1.14. The minimum Gasteiger partial charge on any atom is -0.359 e. The van der Waals surface area contributed by atoms with Crippen molar-refractivity contribution in [2.75, 3.05) is 0 Å². The summed E-state index contributed by atoms with van der Waals surface area (Å²) in [6.07, 6.45) is 6.41. The van der Waals surface area contributed by atoms with Gasteiger partial charge in [0.1, 0.15) is 16.9 Å². The Bertz CT molecular complexity index is 604. The molecule has 2 aromatic heterocycles. The van der Waals surface area contributed by atoms with Crippen LogP contribution in [0, 0.1) is 12.0 Å². The molecule has 0 aromatic carbocycles. The molecule has 0 aliphatic heterocycles. The van der Waals surface area contributed by atoms with E-state index in [2.05, 4.69) is 21.9 Å². The van der Waals surface area contributed by atoms with Gasteiger partial charge < -0.3 is 5.73 Å². The van der Waals surface area contributed by atoms with E-state index >= 15 is 0 Å². The highest BCUT2D eigenvalue weighted by molar-refractivity contribution is 7.18. The van der Waals surface area contributed by atoms with E-state index in [1.165, 1.54) is 29.7 Å². The van der Waals surface area contributed by atoms with Crippen molar-refractivity contribution in [3.05, 3.63) is 22.5 Å². The number of hydrogen-bond donors (Lipinski definition) is 1. The lowest BCUT2D eigenvalue weighted by molar-refractivity contribution is 0.700. The molecule has 1 aliphatic carbocycles. The molecule has 2 aromatic rings. The minimum absolute atomic E-state index is 0.784. The van der Waals surface area contributed by atoms with Gasteiger partial charge in [-0.1, -0.05) is 0 Å². The van der Waals surface area contributed by atoms with Gasteiger partial charge in [-0.2, -0.15) is 0 Å². The number of rotatable bonds is 0. The van der Waals surface area contributed by atoms with Gasteiger partial charge >= 0.3 is 0 Å². The Morgan fingerprint density at radius 1 is 1.25 bits per heavy atom. The topological polar surface area (TPSA) is 51.8 Å². The van der Waals surface area contributed by atoms with Gasteiger partial charge in [0.05, 0.1) is 0 Å². The Kier molecular flexibility index (Phi) is 2.26. The zero-order valence-corrected chi connectivity index (χ0v) is 9.60. The van der Waals surface area contributed by atoms with Crippen LogP contribution in [0.25, 0.3) is 10.2 Å². The Morgan fingerprint density at radius 2 is 2.12 bits per heavy atom. The molecule has 2 N–H and O–H groups in total. The van der Waals surface area contributed by atoms with Gasteiger partial charge in [0.15, 0.2) is 0 Å². The molecule has 2 heterocycles. The van der Waals surface area contributed by atoms with Gasteiger partial charge in [0.2, 0.25) is 0 Å². The third-order valence-corrected chi connectivity index (χ3v) is 4.14. The van der Waals surface area contributed by atoms with Crippen molar-refractivity contribution in [1.82, 2.24) is 9.97 Å². The molecule has 0 amide bonds. The summed E-state index contributed by atoms with van der Waals surface area (Å²) in [6, 6.07) is 2.44. The van der Waals surface area contributed by atoms with Crippen LogP contribution < -0.4 is 5.73 Å². The number of aromatic nitrogens is 2. The van der Waals surface area contributed by atoms with Gasteiger partial charge in [-0.05, 0) is 37.2 Å². The monoisotopic (exact) mass is 229 g/mol. The van der Waals surface area contributed by atoms with Crippen molar-refractivity contribution in [2.24, 2.45) is 5.73 Å². The maximum Gasteiger partial charge on any atom is 0.128 e. The van der Waals surface area contributed by atoms with Crippen LogP contribution in [-0.2, 0) is 12.8 Å². The van der Waals surface area contributed by atoms with Crippen LogP contribution in [0.4, 0.5) is 0 Å². The third kappa shape index (κ3) is 1.36. The minimum atomic E-state index is 0.784. The highest BCUT2D eigenvalue weighted by atomic mass is 32.1. The quantitative estimate of drug-likeness (QED) is 0.554. The first-order valence-corrected chi connectivity index (χ1v) is 6.18. The second kappa shape index (κ2) is 3.76. The molecule has 3 rings (SSSR count). The molecule has 80 valence electrons. The lowest BCUT2D eigenvalue weighted by atomic mass is 9.96. The van der Waals surface area contributed by atoms with Crippen molar-refractivity contribution < 1.29 is 0 Å². The number of aryl methyl sites for hydroxylation is 2. The van der Waals surface area contributed by atoms with E-state index in [4.69, 9.17) is 5.73 Å². The van der Waals surface area contributed by atoms with Gasteiger partial charge in [-0.15, -0.1) is 11.3 Å². The average molecular weight is 229 g/mol. The Morgan fingerprint density at radius 3 is 3.00 bits per heavy atom. The Balaban J connectivity index is 2.34. The molecule has 0 saturated carbocycles. The van der Waals surface area contributed by atoms with Gasteiger partial charge in [-0.25, -0.2) is 9.97 Å². The van der Waals surface area contributed by atoms with Crippen molar-refractivity contribution in [2.45, 2.75) is 25.7 Å². The number of hydrogen-bond acceptors (Lipinski definition) is 4. The van der Waals surface area contributed by atoms with E-state index in [-0.39, 0.29) is 0 Å². The van der Waals surface area contributed by atoms with Crippen LogP contribution in [0.2, 0.25) is 0 Å². The Labute approximate surface area is 97.7 Å². The second-order valence-electron chi connectivity index (χ2n) is 3.88. The van der Waals surface area contributed by atoms with Crippen molar-refractivity contribution in [3.63, 3.8) is 0 Å². The van der Waals surface area contributed by atoms with E-state index in [1.807, 2.05) is 0 Å². The van der Waals surface area contributed by atoms with E-state index < -0.39 is 0 Å². The summed E-state index contributed by atoms with van der Waals surface area (Å²) in [5.41, 5.74) is 7.47. The smallest absolute Gasteiger partial charge is 0.128 e.